The van der Waals surface area contributed by atoms with Crippen LogP contribution in [0, 0.1) is 11.3 Å². The van der Waals surface area contributed by atoms with E-state index in [0.29, 0.717) is 37.7 Å². The molecule has 0 amide bonds. The molecule has 2 atom stereocenters. The van der Waals surface area contributed by atoms with Crippen molar-refractivity contribution < 1.29 is 10.2 Å². The number of hydrogen-bond donors (Lipinski definition) is 7. The highest BCUT2D eigenvalue weighted by molar-refractivity contribution is 5.96. The molecule has 1 fully saturated rings. The summed E-state index contributed by atoms with van der Waals surface area (Å²) in [5, 5.41) is 41.5. The van der Waals surface area contributed by atoms with Crippen molar-refractivity contribution in [2.75, 3.05) is 19.7 Å². The molecule has 2 heterocycles. The highest BCUT2D eigenvalue weighted by Gasteiger charge is 2.39. The molecule has 0 aliphatic carbocycles. The molecule has 1 aromatic rings. The predicted molar refractivity (Wildman–Crippen MR) is 119 cm³/mol. The van der Waals surface area contributed by atoms with Crippen molar-refractivity contribution >= 4 is 12.1 Å². The smallest absolute Gasteiger partial charge is 0.138 e. The summed E-state index contributed by atoms with van der Waals surface area (Å²) in [6, 6.07) is 9.69. The fraction of sp³-hybridized carbons (Fsp3) is 0.455. The van der Waals surface area contributed by atoms with Crippen LogP contribution < -0.4 is 21.3 Å². The summed E-state index contributed by atoms with van der Waals surface area (Å²) in [7, 11) is 0. The Morgan fingerprint density at radius 1 is 1.37 bits per heavy atom. The zero-order valence-electron chi connectivity index (χ0n) is 17.6. The van der Waals surface area contributed by atoms with Crippen molar-refractivity contribution in [1.82, 2.24) is 21.3 Å². The summed E-state index contributed by atoms with van der Waals surface area (Å²) in [6.07, 6.45) is 3.62. The van der Waals surface area contributed by atoms with E-state index in [1.54, 1.807) is 0 Å². The van der Waals surface area contributed by atoms with Crippen LogP contribution in [0.1, 0.15) is 25.8 Å². The first-order valence-corrected chi connectivity index (χ1v) is 10.4. The van der Waals surface area contributed by atoms with Gasteiger partial charge in [-0.05, 0) is 24.4 Å². The molecular formula is C22H32N6O2. The molecule has 0 unspecified atom stereocenters. The van der Waals surface area contributed by atoms with Crippen LogP contribution in [-0.2, 0) is 6.54 Å². The number of allylic oxidation sites excluding steroid dienone is 1. The first-order chi connectivity index (χ1) is 14.4. The van der Waals surface area contributed by atoms with Crippen LogP contribution in [0.3, 0.4) is 0 Å². The van der Waals surface area contributed by atoms with Gasteiger partial charge in [-0.2, -0.15) is 0 Å². The van der Waals surface area contributed by atoms with Gasteiger partial charge in [-0.25, -0.2) is 4.99 Å². The summed E-state index contributed by atoms with van der Waals surface area (Å²) >= 11 is 0. The molecule has 2 aliphatic rings. The molecule has 30 heavy (non-hydrogen) atoms. The summed E-state index contributed by atoms with van der Waals surface area (Å²) in [6.45, 7) is 5.52. The van der Waals surface area contributed by atoms with Crippen molar-refractivity contribution in [3.63, 3.8) is 0 Å². The Balaban J connectivity index is 1.85. The van der Waals surface area contributed by atoms with Gasteiger partial charge in [0, 0.05) is 31.0 Å². The molecule has 8 nitrogen and oxygen atoms in total. The zero-order chi connectivity index (χ0) is 21.6. The Morgan fingerprint density at radius 2 is 2.13 bits per heavy atom. The number of aliphatic imine (C=N–C) groups is 1. The topological polar surface area (TPSA) is 125 Å². The van der Waals surface area contributed by atoms with Gasteiger partial charge < -0.3 is 36.9 Å². The minimum absolute atomic E-state index is 0.120. The molecule has 0 saturated carbocycles. The van der Waals surface area contributed by atoms with Crippen LogP contribution in [-0.4, -0.2) is 53.6 Å². The van der Waals surface area contributed by atoms with Gasteiger partial charge in [-0.15, -0.1) is 0 Å². The molecule has 0 radical (unpaired) electrons. The van der Waals surface area contributed by atoms with E-state index in [1.807, 2.05) is 50.3 Å². The van der Waals surface area contributed by atoms with Crippen molar-refractivity contribution in [2.24, 2.45) is 10.9 Å². The molecule has 0 aromatic heterocycles. The van der Waals surface area contributed by atoms with Gasteiger partial charge >= 0.3 is 0 Å². The second-order valence-electron chi connectivity index (χ2n) is 8.03. The van der Waals surface area contributed by atoms with Gasteiger partial charge in [0.1, 0.15) is 23.1 Å². The largest absolute Gasteiger partial charge is 0.393 e. The van der Waals surface area contributed by atoms with E-state index in [4.69, 9.17) is 5.41 Å². The number of rotatable bonds is 7. The lowest BCUT2D eigenvalue weighted by Crippen LogP contribution is -2.63. The van der Waals surface area contributed by atoms with Crippen molar-refractivity contribution in [1.29, 1.82) is 5.41 Å². The zero-order valence-corrected chi connectivity index (χ0v) is 17.6. The molecule has 1 aromatic carbocycles. The Labute approximate surface area is 177 Å². The number of amidine groups is 1. The highest BCUT2D eigenvalue weighted by Crippen LogP contribution is 2.20. The normalized spacial score (nSPS) is 25.7. The van der Waals surface area contributed by atoms with Crippen molar-refractivity contribution in [2.45, 2.75) is 38.5 Å². The number of hydrogen-bond acceptors (Lipinski definition) is 8. The number of nitrogens with one attached hydrogen (secondary N) is 5. The van der Waals surface area contributed by atoms with E-state index < -0.39 is 5.60 Å². The van der Waals surface area contributed by atoms with E-state index in [9.17, 15) is 10.2 Å². The molecule has 2 aliphatic heterocycles. The fourth-order valence-electron chi connectivity index (χ4n) is 3.56. The van der Waals surface area contributed by atoms with Crippen LogP contribution in [0.15, 0.2) is 58.6 Å². The summed E-state index contributed by atoms with van der Waals surface area (Å²) in [5.41, 5.74) is 0.710. The molecular weight excluding hydrogens is 380 g/mol. The van der Waals surface area contributed by atoms with Gasteiger partial charge in [0.15, 0.2) is 0 Å². The van der Waals surface area contributed by atoms with Gasteiger partial charge in [-0.3, -0.25) is 0 Å². The fourth-order valence-corrected chi connectivity index (χ4v) is 3.56. The lowest BCUT2D eigenvalue weighted by molar-refractivity contribution is -0.0562. The second-order valence-corrected chi connectivity index (χ2v) is 8.03. The quantitative estimate of drug-likeness (QED) is 0.333. The average Bonchev–Trinajstić information content (AvgIpc) is 2.75. The maximum atomic E-state index is 10.8. The summed E-state index contributed by atoms with van der Waals surface area (Å²) < 4.78 is 0. The average molecular weight is 413 g/mol. The number of benzene rings is 1. The van der Waals surface area contributed by atoms with Crippen LogP contribution in [0.2, 0.25) is 0 Å². The van der Waals surface area contributed by atoms with Crippen LogP contribution in [0.4, 0.5) is 0 Å². The molecule has 3 rings (SSSR count). The van der Waals surface area contributed by atoms with Gasteiger partial charge in [0.05, 0.1) is 12.6 Å². The highest BCUT2D eigenvalue weighted by atomic mass is 16.3. The van der Waals surface area contributed by atoms with E-state index in [2.05, 4.69) is 26.3 Å². The first kappa shape index (κ1) is 22.0. The van der Waals surface area contributed by atoms with E-state index in [0.717, 1.165) is 17.0 Å². The minimum atomic E-state index is -1.21. The minimum Gasteiger partial charge on any atom is -0.393 e. The SMILES string of the molecule is CC(C)/C(C=N)=C1\N=C(N[C@H]2CNCC[C@@]2(O)CO)C=C(NCc2ccccc2)N1. The Kier molecular flexibility index (Phi) is 7.25. The third-order valence-corrected chi connectivity index (χ3v) is 5.47. The van der Waals surface area contributed by atoms with E-state index >= 15 is 0 Å². The molecule has 1 saturated heterocycles. The number of aliphatic hydroxyl groups is 2. The van der Waals surface area contributed by atoms with Gasteiger partial charge in [-0.1, -0.05) is 44.2 Å². The van der Waals surface area contributed by atoms with Crippen LogP contribution in [0.25, 0.3) is 0 Å². The Morgan fingerprint density at radius 3 is 2.80 bits per heavy atom. The molecule has 7 N–H and O–H groups in total. The maximum absolute atomic E-state index is 10.8. The second kappa shape index (κ2) is 9.88. The lowest BCUT2D eigenvalue weighted by Gasteiger charge is -2.40. The van der Waals surface area contributed by atoms with E-state index in [-0.39, 0.29) is 18.6 Å². The molecule has 0 spiro atoms. The number of piperidine rings is 1. The van der Waals surface area contributed by atoms with E-state index in [1.165, 1.54) is 6.21 Å². The molecule has 162 valence electrons. The molecule has 0 bridgehead atoms. The maximum Gasteiger partial charge on any atom is 0.138 e. The van der Waals surface area contributed by atoms with Gasteiger partial charge in [0.2, 0.25) is 0 Å². The lowest BCUT2D eigenvalue weighted by atomic mass is 9.88. The van der Waals surface area contributed by atoms with Gasteiger partial charge in [0.25, 0.3) is 0 Å². The summed E-state index contributed by atoms with van der Waals surface area (Å²) in [4.78, 5) is 4.66. The Hall–Kier alpha value is -2.68. The number of nitrogens with zero attached hydrogens (tertiary/aromatic N) is 1. The monoisotopic (exact) mass is 412 g/mol. The third-order valence-electron chi connectivity index (χ3n) is 5.47. The summed E-state index contributed by atoms with van der Waals surface area (Å²) in [5.74, 6) is 2.04. The number of aliphatic hydroxyl groups excluding tert-OH is 1. The third kappa shape index (κ3) is 5.27. The predicted octanol–water partition coefficient (Wildman–Crippen LogP) is 0.811. The van der Waals surface area contributed by atoms with Crippen LogP contribution in [0.5, 0.6) is 0 Å². The van der Waals surface area contributed by atoms with Crippen molar-refractivity contribution in [3.05, 3.63) is 59.2 Å². The standard InChI is InChI=1S/C22H32N6O2/c1-15(2)17(11-23)21-27-19(25-12-16-6-4-3-5-7-16)10-20(28-21)26-18-13-24-9-8-22(18,30)14-29/h3-7,10-11,15,18,23-25,27,29-30H,8-9,12-14H2,1-2H3,(H,26,28)/b21-17-,23-11?/t18-,22+/m0/s1. The van der Waals surface area contributed by atoms with Crippen LogP contribution >= 0.6 is 0 Å². The van der Waals surface area contributed by atoms with Crippen molar-refractivity contribution in [3.8, 4) is 0 Å². The Bertz CT molecular complexity index is 833. The first-order valence-electron chi connectivity index (χ1n) is 10.4. The molecule has 8 heteroatoms.